The Morgan fingerprint density at radius 2 is 2.20 bits per heavy atom. The Kier molecular flexibility index (Phi) is 6.81. The summed E-state index contributed by atoms with van der Waals surface area (Å²) in [4.78, 5) is 18.0. The zero-order valence-corrected chi connectivity index (χ0v) is 16.8. The second kappa shape index (κ2) is 9.34. The van der Waals surface area contributed by atoms with Gasteiger partial charge in [-0.15, -0.1) is 0 Å². The molecule has 2 aromatic rings. The molecule has 1 aliphatic heterocycles. The van der Waals surface area contributed by atoms with E-state index in [-0.39, 0.29) is 18.1 Å². The van der Waals surface area contributed by atoms with Gasteiger partial charge < -0.3 is 14.8 Å². The van der Waals surface area contributed by atoms with E-state index in [0.29, 0.717) is 31.1 Å². The zero-order chi connectivity index (χ0) is 21.7. The van der Waals surface area contributed by atoms with Crippen LogP contribution in [0.3, 0.4) is 0 Å². The van der Waals surface area contributed by atoms with Crippen LogP contribution in [0.2, 0.25) is 0 Å². The van der Waals surface area contributed by atoms with Crippen molar-refractivity contribution in [3.05, 3.63) is 53.9 Å². The molecule has 0 saturated carbocycles. The van der Waals surface area contributed by atoms with E-state index >= 15 is 0 Å². The van der Waals surface area contributed by atoms with Crippen LogP contribution in [0.15, 0.2) is 42.7 Å². The molecule has 9 heteroatoms. The van der Waals surface area contributed by atoms with Crippen LogP contribution in [0.4, 0.5) is 13.2 Å². The summed E-state index contributed by atoms with van der Waals surface area (Å²) in [5.74, 6) is 0.721. The van der Waals surface area contributed by atoms with E-state index in [1.54, 1.807) is 7.11 Å². The van der Waals surface area contributed by atoms with Crippen LogP contribution < -0.4 is 14.8 Å². The van der Waals surface area contributed by atoms with Crippen LogP contribution >= 0.6 is 0 Å². The van der Waals surface area contributed by atoms with E-state index in [4.69, 9.17) is 9.47 Å². The molecule has 2 atom stereocenters. The van der Waals surface area contributed by atoms with Crippen LogP contribution in [-0.4, -0.2) is 48.3 Å². The predicted octanol–water partition coefficient (Wildman–Crippen LogP) is 3.48. The maximum absolute atomic E-state index is 13.4. The maximum atomic E-state index is 13.4. The number of ether oxygens (including phenoxy) is 2. The number of halogens is 3. The molecule has 0 aliphatic carbocycles. The first-order valence-electron chi connectivity index (χ1n) is 9.58. The van der Waals surface area contributed by atoms with Crippen molar-refractivity contribution >= 4 is 5.91 Å². The number of aromatic nitrogens is 1. The number of carbonyl (C=O) groups excluding carboxylic acids is 1. The van der Waals surface area contributed by atoms with Crippen molar-refractivity contribution in [1.29, 1.82) is 0 Å². The smallest absolute Gasteiger partial charge is 0.412 e. The van der Waals surface area contributed by atoms with Crippen molar-refractivity contribution in [3.63, 3.8) is 0 Å². The highest BCUT2D eigenvalue weighted by Gasteiger charge is 2.42. The van der Waals surface area contributed by atoms with Crippen LogP contribution in [0.25, 0.3) is 0 Å². The third-order valence-corrected chi connectivity index (χ3v) is 4.82. The Balaban J connectivity index is 1.63. The summed E-state index contributed by atoms with van der Waals surface area (Å²) < 4.78 is 51.4. The normalized spacial score (nSPS) is 18.0. The fourth-order valence-electron chi connectivity index (χ4n) is 3.39. The van der Waals surface area contributed by atoms with Gasteiger partial charge in [-0.25, -0.2) is 0 Å². The fraction of sp³-hybridized carbons (Fsp3) is 0.429. The lowest BCUT2D eigenvalue weighted by atomic mass is 10.1. The Bertz CT molecular complexity index is 862. The number of nitrogens with zero attached hydrogens (tertiary/aromatic N) is 2. The first-order valence-corrected chi connectivity index (χ1v) is 9.58. The number of alkyl halides is 3. The van der Waals surface area contributed by atoms with Gasteiger partial charge >= 0.3 is 6.18 Å². The first-order chi connectivity index (χ1) is 14.3. The zero-order valence-electron chi connectivity index (χ0n) is 16.8. The minimum Gasteiger partial charge on any atom is -0.497 e. The summed E-state index contributed by atoms with van der Waals surface area (Å²) in [6.07, 6.45) is -2.32. The van der Waals surface area contributed by atoms with Crippen molar-refractivity contribution in [3.8, 4) is 11.5 Å². The Morgan fingerprint density at radius 3 is 2.87 bits per heavy atom. The van der Waals surface area contributed by atoms with E-state index in [2.05, 4.69) is 10.3 Å². The molecule has 0 fully saturated rings. The van der Waals surface area contributed by atoms with Crippen molar-refractivity contribution in [1.82, 2.24) is 15.2 Å². The van der Waals surface area contributed by atoms with Crippen molar-refractivity contribution in [2.45, 2.75) is 38.2 Å². The van der Waals surface area contributed by atoms with Crippen LogP contribution in [-0.2, 0) is 11.3 Å². The lowest BCUT2D eigenvalue weighted by molar-refractivity contribution is -0.163. The second-order valence-corrected chi connectivity index (χ2v) is 7.22. The summed E-state index contributed by atoms with van der Waals surface area (Å²) in [6.45, 7) is 3.30. The molecule has 30 heavy (non-hydrogen) atoms. The third-order valence-electron chi connectivity index (χ3n) is 4.82. The van der Waals surface area contributed by atoms with E-state index in [0.717, 1.165) is 11.8 Å². The molecule has 0 saturated heterocycles. The number of methoxy groups -OCH3 is 1. The number of hydrogen-bond donors (Lipinski definition) is 1. The highest BCUT2D eigenvalue weighted by molar-refractivity contribution is 5.76. The van der Waals surface area contributed by atoms with Crippen LogP contribution in [0.1, 0.15) is 30.5 Å². The molecule has 1 N–H and O–H groups in total. The number of pyridine rings is 1. The molecule has 0 spiro atoms. The number of hydrogen-bond acceptors (Lipinski definition) is 5. The lowest BCUT2D eigenvalue weighted by Crippen LogP contribution is -2.40. The molecule has 1 aromatic carbocycles. The van der Waals surface area contributed by atoms with Gasteiger partial charge in [0, 0.05) is 55.6 Å². The van der Waals surface area contributed by atoms with Crippen LogP contribution in [0, 0.1) is 0 Å². The van der Waals surface area contributed by atoms with Gasteiger partial charge in [0.25, 0.3) is 0 Å². The number of nitrogens with one attached hydrogen (secondary N) is 1. The fourth-order valence-corrected chi connectivity index (χ4v) is 3.39. The topological polar surface area (TPSA) is 63.7 Å². The first kappa shape index (κ1) is 21.9. The molecular formula is C21H24F3N3O3. The van der Waals surface area contributed by atoms with E-state index in [1.807, 2.05) is 30.0 Å². The molecular weight excluding hydrogens is 399 g/mol. The number of fused-ring (bicyclic) bond motifs is 1. The summed E-state index contributed by atoms with van der Waals surface area (Å²) >= 11 is 0. The van der Waals surface area contributed by atoms with E-state index < -0.39 is 18.1 Å². The number of amides is 1. The molecule has 1 amide bonds. The highest BCUT2D eigenvalue weighted by Crippen LogP contribution is 2.32. The van der Waals surface area contributed by atoms with Crippen molar-refractivity contribution in [2.75, 3.05) is 20.2 Å². The van der Waals surface area contributed by atoms with E-state index in [1.165, 1.54) is 18.3 Å². The molecule has 2 unspecified atom stereocenters. The second-order valence-electron chi connectivity index (χ2n) is 7.22. The maximum Gasteiger partial charge on any atom is 0.412 e. The van der Waals surface area contributed by atoms with Gasteiger partial charge in [0.1, 0.15) is 17.6 Å². The van der Waals surface area contributed by atoms with Gasteiger partial charge in [0.2, 0.25) is 5.91 Å². The number of carbonyl (C=O) groups is 1. The summed E-state index contributed by atoms with van der Waals surface area (Å²) in [6, 6.07) is 6.14. The molecule has 3 rings (SSSR count). The minimum absolute atomic E-state index is 0.0644. The molecule has 0 bridgehead atoms. The average Bonchev–Trinajstić information content (AvgIpc) is 2.87. The summed E-state index contributed by atoms with van der Waals surface area (Å²) in [5, 5.41) is 2.10. The minimum atomic E-state index is -4.61. The monoisotopic (exact) mass is 423 g/mol. The van der Waals surface area contributed by atoms with Gasteiger partial charge in [-0.05, 0) is 19.1 Å². The molecule has 2 heterocycles. The molecule has 1 aliphatic rings. The van der Waals surface area contributed by atoms with E-state index in [9.17, 15) is 18.0 Å². The molecule has 0 radical (unpaired) electrons. The highest BCUT2D eigenvalue weighted by atomic mass is 19.4. The van der Waals surface area contributed by atoms with Gasteiger partial charge in [0.15, 0.2) is 6.04 Å². The standard InChI is InChI=1S/C21H24F3N3O3/c1-14-12-27(13-16-5-6-17(29-2)10-18(16)30-14)9-7-19(28)26-20(21(22,23)24)15-4-3-8-25-11-15/h3-6,8,10-11,14,20H,7,9,12-13H2,1-2H3,(H,26,28). The molecule has 6 nitrogen and oxygen atoms in total. The predicted molar refractivity (Wildman–Crippen MR) is 104 cm³/mol. The Labute approximate surface area is 173 Å². The summed E-state index contributed by atoms with van der Waals surface area (Å²) in [7, 11) is 1.58. The average molecular weight is 423 g/mol. The van der Waals surface area contributed by atoms with Gasteiger partial charge in [-0.3, -0.25) is 14.7 Å². The van der Waals surface area contributed by atoms with Crippen molar-refractivity contribution < 1.29 is 27.4 Å². The molecule has 1 aromatic heterocycles. The SMILES string of the molecule is COc1ccc2c(c1)OC(C)CN(CCC(=O)NC(c1cccnc1)C(F)(F)F)C2. The number of rotatable bonds is 6. The number of benzene rings is 1. The van der Waals surface area contributed by atoms with Gasteiger partial charge in [-0.2, -0.15) is 13.2 Å². The Hall–Kier alpha value is -2.81. The largest absolute Gasteiger partial charge is 0.497 e. The van der Waals surface area contributed by atoms with Crippen LogP contribution in [0.5, 0.6) is 11.5 Å². The van der Waals surface area contributed by atoms with Gasteiger partial charge in [0.05, 0.1) is 7.11 Å². The molecule has 162 valence electrons. The third kappa shape index (κ3) is 5.63. The summed E-state index contributed by atoms with van der Waals surface area (Å²) in [5.41, 5.74) is 0.835. The Morgan fingerprint density at radius 1 is 1.40 bits per heavy atom. The van der Waals surface area contributed by atoms with Crippen molar-refractivity contribution in [2.24, 2.45) is 0 Å². The lowest BCUT2D eigenvalue weighted by Gasteiger charge is -2.24. The quantitative estimate of drug-likeness (QED) is 0.771. The van der Waals surface area contributed by atoms with Gasteiger partial charge in [-0.1, -0.05) is 12.1 Å².